The number of hydrogen-bond donors (Lipinski definition) is 0. The fraction of sp³-hybridized carbons (Fsp3) is 0.524. The highest BCUT2D eigenvalue weighted by atomic mass is 16.5. The van der Waals surface area contributed by atoms with Crippen LogP contribution in [-0.4, -0.2) is 26.2 Å². The second-order valence-electron chi connectivity index (χ2n) is 6.59. The van der Waals surface area contributed by atoms with Crippen LogP contribution in [0.4, 0.5) is 0 Å². The number of unbranched alkanes of at least 4 members (excludes halogenated alkanes) is 4. The number of benzene rings is 1. The Bertz CT molecular complexity index is 602. The summed E-state index contributed by atoms with van der Waals surface area (Å²) in [5, 5.41) is 0. The number of methoxy groups -OCH3 is 2. The second kappa shape index (κ2) is 8.84. The van der Waals surface area contributed by atoms with E-state index in [-0.39, 0.29) is 5.92 Å². The number of hydrogen-bond acceptors (Lipinski definition) is 4. The van der Waals surface area contributed by atoms with Gasteiger partial charge in [0.2, 0.25) is 0 Å². The Hall–Kier alpha value is -2.10. The van der Waals surface area contributed by atoms with Gasteiger partial charge >= 0.3 is 11.9 Å². The Balaban J connectivity index is 2.26. The summed E-state index contributed by atoms with van der Waals surface area (Å²) in [6.45, 7) is 2.19. The van der Waals surface area contributed by atoms with Crippen molar-refractivity contribution in [3.8, 4) is 0 Å². The number of carbonyl (C=O) groups is 2. The minimum Gasteiger partial charge on any atom is -0.468 e. The van der Waals surface area contributed by atoms with Crippen molar-refractivity contribution in [3.63, 3.8) is 0 Å². The zero-order valence-corrected chi connectivity index (χ0v) is 15.4. The second-order valence-corrected chi connectivity index (χ2v) is 6.59. The van der Waals surface area contributed by atoms with Gasteiger partial charge in [0.05, 0.1) is 14.2 Å². The van der Waals surface area contributed by atoms with Crippen LogP contribution < -0.4 is 0 Å². The standard InChI is InChI=1S/C21H28O4/c1-4-5-6-7-11-14-17(16-12-9-8-10-13-16)18-15-21(18,19(22)24-2)20(23)25-3/h8-10,12-14,18H,4-7,11,15H2,1-3H3/b17-14-. The van der Waals surface area contributed by atoms with Crippen molar-refractivity contribution in [3.05, 3.63) is 42.0 Å². The Kier molecular flexibility index (Phi) is 6.80. The summed E-state index contributed by atoms with van der Waals surface area (Å²) >= 11 is 0. The molecule has 0 spiro atoms. The maximum atomic E-state index is 12.3. The van der Waals surface area contributed by atoms with Gasteiger partial charge in [0, 0.05) is 5.92 Å². The molecule has 1 aromatic carbocycles. The van der Waals surface area contributed by atoms with Crippen LogP contribution in [0.2, 0.25) is 0 Å². The molecule has 2 rings (SSSR count). The van der Waals surface area contributed by atoms with Gasteiger partial charge < -0.3 is 9.47 Å². The first-order valence-electron chi connectivity index (χ1n) is 9.04. The summed E-state index contributed by atoms with van der Waals surface area (Å²) in [6, 6.07) is 9.95. The third-order valence-corrected chi connectivity index (χ3v) is 4.96. The molecule has 1 aromatic rings. The summed E-state index contributed by atoms with van der Waals surface area (Å²) in [5.41, 5.74) is 0.916. The molecule has 1 fully saturated rings. The molecule has 1 aliphatic carbocycles. The fourth-order valence-electron chi connectivity index (χ4n) is 3.46. The monoisotopic (exact) mass is 344 g/mol. The molecule has 4 heteroatoms. The molecule has 0 N–H and O–H groups in total. The van der Waals surface area contributed by atoms with Crippen LogP contribution in [-0.2, 0) is 19.1 Å². The van der Waals surface area contributed by atoms with Crippen molar-refractivity contribution in [1.82, 2.24) is 0 Å². The smallest absolute Gasteiger partial charge is 0.323 e. The lowest BCUT2D eigenvalue weighted by Gasteiger charge is -2.15. The molecule has 1 atom stereocenters. The molecular formula is C21H28O4. The van der Waals surface area contributed by atoms with E-state index in [9.17, 15) is 9.59 Å². The van der Waals surface area contributed by atoms with Gasteiger partial charge in [-0.1, -0.05) is 62.6 Å². The lowest BCUT2D eigenvalue weighted by Crippen LogP contribution is -2.30. The summed E-state index contributed by atoms with van der Waals surface area (Å²) < 4.78 is 9.81. The minimum absolute atomic E-state index is 0.180. The molecular weight excluding hydrogens is 316 g/mol. The van der Waals surface area contributed by atoms with E-state index in [2.05, 4.69) is 13.0 Å². The fourth-order valence-corrected chi connectivity index (χ4v) is 3.46. The number of esters is 2. The average Bonchev–Trinajstić information content (AvgIpc) is 3.40. The van der Waals surface area contributed by atoms with Gasteiger partial charge in [-0.3, -0.25) is 9.59 Å². The number of carbonyl (C=O) groups excluding carboxylic acids is 2. The third-order valence-electron chi connectivity index (χ3n) is 4.96. The molecule has 0 aromatic heterocycles. The quantitative estimate of drug-likeness (QED) is 0.379. The molecule has 1 aliphatic rings. The molecule has 0 radical (unpaired) electrons. The van der Waals surface area contributed by atoms with Crippen LogP contribution in [0.5, 0.6) is 0 Å². The maximum Gasteiger partial charge on any atom is 0.323 e. The van der Waals surface area contributed by atoms with Gasteiger partial charge in [-0.2, -0.15) is 0 Å². The van der Waals surface area contributed by atoms with Gasteiger partial charge in [0.15, 0.2) is 5.41 Å². The highest BCUT2D eigenvalue weighted by Gasteiger charge is 2.69. The van der Waals surface area contributed by atoms with Gasteiger partial charge in [-0.15, -0.1) is 0 Å². The van der Waals surface area contributed by atoms with E-state index >= 15 is 0 Å². The SMILES string of the molecule is CCCCCC/C=C(/c1ccccc1)C1CC1(C(=O)OC)C(=O)OC. The molecule has 4 nitrogen and oxygen atoms in total. The van der Waals surface area contributed by atoms with Crippen LogP contribution >= 0.6 is 0 Å². The Morgan fingerprint density at radius 1 is 1.08 bits per heavy atom. The van der Waals surface area contributed by atoms with Crippen LogP contribution in [0.1, 0.15) is 51.0 Å². The van der Waals surface area contributed by atoms with E-state index in [1.807, 2.05) is 30.3 Å². The number of allylic oxidation sites excluding steroid dienone is 2. The molecule has 136 valence electrons. The molecule has 0 aliphatic heterocycles. The highest BCUT2D eigenvalue weighted by molar-refractivity contribution is 6.06. The highest BCUT2D eigenvalue weighted by Crippen LogP contribution is 2.60. The van der Waals surface area contributed by atoms with Crippen molar-refractivity contribution in [2.24, 2.45) is 11.3 Å². The van der Waals surface area contributed by atoms with Gasteiger partial charge in [0.1, 0.15) is 0 Å². The summed E-state index contributed by atoms with van der Waals surface area (Å²) in [7, 11) is 2.64. The lowest BCUT2D eigenvalue weighted by molar-refractivity contribution is -0.161. The first-order chi connectivity index (χ1) is 12.1. The van der Waals surface area contributed by atoms with Crippen molar-refractivity contribution in [2.75, 3.05) is 14.2 Å². The van der Waals surface area contributed by atoms with E-state index in [4.69, 9.17) is 9.47 Å². The molecule has 1 saturated carbocycles. The summed E-state index contributed by atoms with van der Waals surface area (Å²) in [6.07, 6.45) is 8.31. The van der Waals surface area contributed by atoms with Gasteiger partial charge in [-0.05, 0) is 30.4 Å². The predicted octanol–water partition coefficient (Wildman–Crippen LogP) is 4.39. The predicted molar refractivity (Wildman–Crippen MR) is 97.8 cm³/mol. The van der Waals surface area contributed by atoms with Crippen LogP contribution in [0.15, 0.2) is 36.4 Å². The first-order valence-corrected chi connectivity index (χ1v) is 9.04. The average molecular weight is 344 g/mol. The van der Waals surface area contributed by atoms with Crippen molar-refractivity contribution in [2.45, 2.75) is 45.4 Å². The third kappa shape index (κ3) is 4.12. The molecule has 25 heavy (non-hydrogen) atoms. The van der Waals surface area contributed by atoms with Crippen LogP contribution in [0, 0.1) is 11.3 Å². The molecule has 0 bridgehead atoms. The zero-order chi connectivity index (χ0) is 18.3. The van der Waals surface area contributed by atoms with Crippen molar-refractivity contribution in [1.29, 1.82) is 0 Å². The summed E-state index contributed by atoms with van der Waals surface area (Å²) in [5.74, 6) is -1.18. The van der Waals surface area contributed by atoms with E-state index in [1.54, 1.807) is 0 Å². The van der Waals surface area contributed by atoms with E-state index in [0.717, 1.165) is 24.0 Å². The van der Waals surface area contributed by atoms with Crippen molar-refractivity contribution >= 4 is 17.5 Å². The molecule has 1 unspecified atom stereocenters. The Labute approximate surface area is 150 Å². The van der Waals surface area contributed by atoms with E-state index in [1.165, 1.54) is 33.5 Å². The normalized spacial score (nSPS) is 18.5. The van der Waals surface area contributed by atoms with Crippen molar-refractivity contribution < 1.29 is 19.1 Å². The summed E-state index contributed by atoms with van der Waals surface area (Å²) in [4.78, 5) is 24.6. The molecule has 0 heterocycles. The number of rotatable bonds is 9. The molecule has 0 amide bonds. The number of ether oxygens (including phenoxy) is 2. The van der Waals surface area contributed by atoms with E-state index < -0.39 is 17.4 Å². The van der Waals surface area contributed by atoms with E-state index in [0.29, 0.717) is 6.42 Å². The topological polar surface area (TPSA) is 52.6 Å². The lowest BCUT2D eigenvalue weighted by atomic mass is 9.93. The largest absolute Gasteiger partial charge is 0.468 e. The Morgan fingerprint density at radius 3 is 2.28 bits per heavy atom. The van der Waals surface area contributed by atoms with Gasteiger partial charge in [-0.25, -0.2) is 0 Å². The first kappa shape index (κ1) is 19.2. The van der Waals surface area contributed by atoms with Crippen LogP contribution in [0.3, 0.4) is 0 Å². The molecule has 0 saturated heterocycles. The minimum atomic E-state index is -1.19. The van der Waals surface area contributed by atoms with Crippen LogP contribution in [0.25, 0.3) is 5.57 Å². The zero-order valence-electron chi connectivity index (χ0n) is 15.4. The maximum absolute atomic E-state index is 12.3. The Morgan fingerprint density at radius 2 is 1.72 bits per heavy atom. The van der Waals surface area contributed by atoms with Gasteiger partial charge in [0.25, 0.3) is 0 Å².